The van der Waals surface area contributed by atoms with Crippen molar-refractivity contribution in [2.45, 2.75) is 39.7 Å². The van der Waals surface area contributed by atoms with Crippen LogP contribution in [0.1, 0.15) is 45.2 Å². The molecule has 4 nitrogen and oxygen atoms in total. The smallest absolute Gasteiger partial charge is 0.161 e. The second kappa shape index (κ2) is 8.39. The summed E-state index contributed by atoms with van der Waals surface area (Å²) in [5, 5.41) is 0. The van der Waals surface area contributed by atoms with Gasteiger partial charge in [-0.2, -0.15) is 0 Å². The Morgan fingerprint density at radius 2 is 1.77 bits per heavy atom. The predicted octanol–water partition coefficient (Wildman–Crippen LogP) is 3.22. The fraction of sp³-hybridized carbons (Fsp3) is 0.667. The highest BCUT2D eigenvalue weighted by atomic mass is 16.5. The Morgan fingerprint density at radius 1 is 1.14 bits per heavy atom. The third-order valence-electron chi connectivity index (χ3n) is 4.43. The van der Waals surface area contributed by atoms with Crippen LogP contribution in [0.4, 0.5) is 0 Å². The van der Waals surface area contributed by atoms with Crippen molar-refractivity contribution in [2.75, 3.05) is 32.8 Å². The molecular formula is C18H30N2O2. The lowest BCUT2D eigenvalue weighted by Gasteiger charge is -2.36. The van der Waals surface area contributed by atoms with Crippen molar-refractivity contribution in [1.82, 2.24) is 4.90 Å². The molecule has 0 spiro atoms. The van der Waals surface area contributed by atoms with E-state index in [4.69, 9.17) is 15.2 Å². The third-order valence-corrected chi connectivity index (χ3v) is 4.43. The average molecular weight is 306 g/mol. The molecule has 1 aliphatic heterocycles. The molecular weight excluding hydrogens is 276 g/mol. The molecule has 0 aliphatic carbocycles. The van der Waals surface area contributed by atoms with E-state index in [1.54, 1.807) is 0 Å². The Hall–Kier alpha value is -1.26. The number of hydrogen-bond donors (Lipinski definition) is 1. The van der Waals surface area contributed by atoms with Gasteiger partial charge in [-0.05, 0) is 63.4 Å². The molecule has 2 rings (SSSR count). The monoisotopic (exact) mass is 306 g/mol. The molecule has 1 heterocycles. The van der Waals surface area contributed by atoms with Crippen molar-refractivity contribution in [2.24, 2.45) is 11.7 Å². The van der Waals surface area contributed by atoms with Crippen molar-refractivity contribution in [3.05, 3.63) is 23.8 Å². The zero-order valence-electron chi connectivity index (χ0n) is 14.2. The summed E-state index contributed by atoms with van der Waals surface area (Å²) < 4.78 is 11.4. The summed E-state index contributed by atoms with van der Waals surface area (Å²) in [5.41, 5.74) is 7.30. The second-order valence-corrected chi connectivity index (χ2v) is 6.04. The standard InChI is InChI=1S/C18H30N2O2/c1-4-21-17-7-6-15(12-18(17)22-5-2)16(13-19)20-10-8-14(3)9-11-20/h6-7,12,14,16H,4-5,8-11,13,19H2,1-3H3. The fourth-order valence-corrected chi connectivity index (χ4v) is 3.11. The number of nitrogens with two attached hydrogens (primary N) is 1. The summed E-state index contributed by atoms with van der Waals surface area (Å²) in [4.78, 5) is 2.51. The van der Waals surface area contributed by atoms with Crippen LogP contribution in [-0.2, 0) is 0 Å². The molecule has 1 aromatic rings. The first-order valence-electron chi connectivity index (χ1n) is 8.53. The van der Waals surface area contributed by atoms with Gasteiger partial charge >= 0.3 is 0 Å². The van der Waals surface area contributed by atoms with Crippen LogP contribution in [0.5, 0.6) is 11.5 Å². The highest BCUT2D eigenvalue weighted by molar-refractivity contribution is 5.44. The lowest BCUT2D eigenvalue weighted by atomic mass is 9.95. The van der Waals surface area contributed by atoms with Gasteiger partial charge in [-0.25, -0.2) is 0 Å². The summed E-state index contributed by atoms with van der Waals surface area (Å²) in [5.74, 6) is 2.47. The van der Waals surface area contributed by atoms with Gasteiger partial charge in [-0.3, -0.25) is 4.90 Å². The van der Waals surface area contributed by atoms with Gasteiger partial charge in [-0.1, -0.05) is 13.0 Å². The van der Waals surface area contributed by atoms with Gasteiger partial charge < -0.3 is 15.2 Å². The predicted molar refractivity (Wildman–Crippen MR) is 90.5 cm³/mol. The minimum atomic E-state index is 0.266. The Labute approximate surface area is 134 Å². The zero-order chi connectivity index (χ0) is 15.9. The molecule has 1 fully saturated rings. The summed E-state index contributed by atoms with van der Waals surface area (Å²) in [6, 6.07) is 6.51. The van der Waals surface area contributed by atoms with Crippen molar-refractivity contribution in [1.29, 1.82) is 0 Å². The molecule has 0 saturated carbocycles. The average Bonchev–Trinajstić information content (AvgIpc) is 2.53. The van der Waals surface area contributed by atoms with Crippen LogP contribution in [0, 0.1) is 5.92 Å². The topological polar surface area (TPSA) is 47.7 Å². The molecule has 0 amide bonds. The summed E-state index contributed by atoms with van der Waals surface area (Å²) >= 11 is 0. The van der Waals surface area contributed by atoms with E-state index in [-0.39, 0.29) is 6.04 Å². The van der Waals surface area contributed by atoms with Gasteiger partial charge in [0.15, 0.2) is 11.5 Å². The number of piperidine rings is 1. The first-order valence-corrected chi connectivity index (χ1v) is 8.53. The third kappa shape index (κ3) is 4.14. The Kier molecular flexibility index (Phi) is 6.52. The lowest BCUT2D eigenvalue weighted by molar-refractivity contribution is 0.141. The van der Waals surface area contributed by atoms with Gasteiger partial charge in [0.2, 0.25) is 0 Å². The van der Waals surface area contributed by atoms with E-state index < -0.39 is 0 Å². The summed E-state index contributed by atoms with van der Waals surface area (Å²) in [6.07, 6.45) is 2.51. The number of nitrogens with zero attached hydrogens (tertiary/aromatic N) is 1. The number of hydrogen-bond acceptors (Lipinski definition) is 4. The molecule has 2 N–H and O–H groups in total. The minimum absolute atomic E-state index is 0.266. The molecule has 124 valence electrons. The molecule has 1 saturated heterocycles. The first-order chi connectivity index (χ1) is 10.7. The number of ether oxygens (including phenoxy) is 2. The highest BCUT2D eigenvalue weighted by Gasteiger charge is 2.24. The molecule has 0 aromatic heterocycles. The second-order valence-electron chi connectivity index (χ2n) is 6.04. The molecule has 1 atom stereocenters. The highest BCUT2D eigenvalue weighted by Crippen LogP contribution is 2.33. The molecule has 0 bridgehead atoms. The number of benzene rings is 1. The van der Waals surface area contributed by atoms with E-state index in [1.165, 1.54) is 18.4 Å². The fourth-order valence-electron chi connectivity index (χ4n) is 3.11. The molecule has 1 aromatic carbocycles. The number of likely N-dealkylation sites (tertiary alicyclic amines) is 1. The van der Waals surface area contributed by atoms with E-state index in [9.17, 15) is 0 Å². The van der Waals surface area contributed by atoms with E-state index in [0.29, 0.717) is 19.8 Å². The maximum absolute atomic E-state index is 6.08. The van der Waals surface area contributed by atoms with Crippen LogP contribution < -0.4 is 15.2 Å². The van der Waals surface area contributed by atoms with Crippen molar-refractivity contribution in [3.8, 4) is 11.5 Å². The van der Waals surface area contributed by atoms with Crippen LogP contribution >= 0.6 is 0 Å². The Morgan fingerprint density at radius 3 is 2.36 bits per heavy atom. The van der Waals surface area contributed by atoms with Gasteiger partial charge in [0.05, 0.1) is 13.2 Å². The maximum atomic E-state index is 6.08. The normalized spacial score (nSPS) is 18.2. The van der Waals surface area contributed by atoms with Crippen LogP contribution in [0.3, 0.4) is 0 Å². The van der Waals surface area contributed by atoms with Crippen LogP contribution in [-0.4, -0.2) is 37.7 Å². The summed E-state index contributed by atoms with van der Waals surface area (Å²) in [6.45, 7) is 10.5. The van der Waals surface area contributed by atoms with Gasteiger partial charge in [-0.15, -0.1) is 0 Å². The molecule has 1 unspecified atom stereocenters. The molecule has 22 heavy (non-hydrogen) atoms. The summed E-state index contributed by atoms with van der Waals surface area (Å²) in [7, 11) is 0. The quantitative estimate of drug-likeness (QED) is 0.840. The molecule has 0 radical (unpaired) electrons. The largest absolute Gasteiger partial charge is 0.490 e. The molecule has 1 aliphatic rings. The van der Waals surface area contributed by atoms with Crippen LogP contribution in [0.2, 0.25) is 0 Å². The van der Waals surface area contributed by atoms with E-state index >= 15 is 0 Å². The Balaban J connectivity index is 2.19. The van der Waals surface area contributed by atoms with Gasteiger partial charge in [0, 0.05) is 12.6 Å². The molecule has 4 heteroatoms. The van der Waals surface area contributed by atoms with Crippen molar-refractivity contribution >= 4 is 0 Å². The first kappa shape index (κ1) is 17.1. The Bertz CT molecular complexity index is 456. The SMILES string of the molecule is CCOc1ccc(C(CN)N2CCC(C)CC2)cc1OCC. The van der Waals surface area contributed by atoms with Gasteiger partial charge in [0.1, 0.15) is 0 Å². The van der Waals surface area contributed by atoms with E-state index in [2.05, 4.69) is 24.0 Å². The maximum Gasteiger partial charge on any atom is 0.161 e. The number of rotatable bonds is 7. The van der Waals surface area contributed by atoms with E-state index in [1.807, 2.05) is 19.9 Å². The van der Waals surface area contributed by atoms with Crippen molar-refractivity contribution in [3.63, 3.8) is 0 Å². The lowest BCUT2D eigenvalue weighted by Crippen LogP contribution is -2.39. The van der Waals surface area contributed by atoms with E-state index in [0.717, 1.165) is 30.5 Å². The zero-order valence-corrected chi connectivity index (χ0v) is 14.2. The van der Waals surface area contributed by atoms with Gasteiger partial charge in [0.25, 0.3) is 0 Å². The van der Waals surface area contributed by atoms with Crippen LogP contribution in [0.15, 0.2) is 18.2 Å². The minimum Gasteiger partial charge on any atom is -0.490 e. The van der Waals surface area contributed by atoms with Crippen molar-refractivity contribution < 1.29 is 9.47 Å². The van der Waals surface area contributed by atoms with Crippen LogP contribution in [0.25, 0.3) is 0 Å².